The number of fused-ring (bicyclic) bond motifs is 5. The Morgan fingerprint density at radius 3 is 2.43 bits per heavy atom. The zero-order valence-corrected chi connectivity index (χ0v) is 11.7. The van der Waals surface area contributed by atoms with E-state index in [9.17, 15) is 0 Å². The fourth-order valence-corrected chi connectivity index (χ4v) is 4.16. The zero-order valence-electron chi connectivity index (χ0n) is 11.7. The largest absolute Gasteiger partial charge is 0.374 e. The van der Waals surface area contributed by atoms with E-state index < -0.39 is 0 Å². The summed E-state index contributed by atoms with van der Waals surface area (Å²) in [6, 6.07) is 10.6. The van der Waals surface area contributed by atoms with Crippen LogP contribution in [-0.2, 0) is 4.74 Å². The molecule has 1 aromatic heterocycles. The second-order valence-corrected chi connectivity index (χ2v) is 6.29. The van der Waals surface area contributed by atoms with Crippen molar-refractivity contribution in [2.24, 2.45) is 11.8 Å². The van der Waals surface area contributed by atoms with Gasteiger partial charge in [0.1, 0.15) is 0 Å². The molecule has 5 rings (SSSR count). The first-order chi connectivity index (χ1) is 10.4. The maximum Gasteiger partial charge on any atom is 0.324 e. The van der Waals surface area contributed by atoms with Crippen LogP contribution in [0.4, 0.5) is 6.01 Å². The van der Waals surface area contributed by atoms with Crippen molar-refractivity contribution in [3.05, 3.63) is 30.3 Å². The molecule has 5 heteroatoms. The predicted octanol–water partition coefficient (Wildman–Crippen LogP) is 2.35. The van der Waals surface area contributed by atoms with Crippen molar-refractivity contribution < 1.29 is 9.26 Å². The highest BCUT2D eigenvalue weighted by Gasteiger charge is 2.53. The highest BCUT2D eigenvalue weighted by atomic mass is 16.5. The van der Waals surface area contributed by atoms with Gasteiger partial charge in [-0.25, -0.2) is 0 Å². The average Bonchev–Trinajstić information content (AvgIpc) is 3.28. The molecule has 0 unspecified atom stereocenters. The summed E-state index contributed by atoms with van der Waals surface area (Å²) < 4.78 is 11.5. The predicted molar refractivity (Wildman–Crippen MR) is 76.8 cm³/mol. The molecule has 3 saturated heterocycles. The van der Waals surface area contributed by atoms with Crippen LogP contribution in [0.5, 0.6) is 0 Å². The van der Waals surface area contributed by atoms with E-state index in [2.05, 4.69) is 15.0 Å². The molecule has 0 saturated carbocycles. The molecule has 4 atom stereocenters. The van der Waals surface area contributed by atoms with Crippen LogP contribution in [0.1, 0.15) is 12.8 Å². The minimum atomic E-state index is 0.460. The fraction of sp³-hybridized carbons (Fsp3) is 0.500. The van der Waals surface area contributed by atoms with Gasteiger partial charge in [-0.1, -0.05) is 35.5 Å². The monoisotopic (exact) mass is 283 g/mol. The molecular weight excluding hydrogens is 266 g/mol. The van der Waals surface area contributed by atoms with Gasteiger partial charge in [0.25, 0.3) is 0 Å². The van der Waals surface area contributed by atoms with Gasteiger partial charge in [0.15, 0.2) is 0 Å². The Morgan fingerprint density at radius 1 is 1.00 bits per heavy atom. The first kappa shape index (κ1) is 11.7. The van der Waals surface area contributed by atoms with Gasteiger partial charge in [-0.3, -0.25) is 0 Å². The van der Waals surface area contributed by atoms with E-state index in [-0.39, 0.29) is 0 Å². The van der Waals surface area contributed by atoms with Gasteiger partial charge >= 0.3 is 6.01 Å². The van der Waals surface area contributed by atoms with Gasteiger partial charge in [-0.15, -0.1) is 0 Å². The number of aromatic nitrogens is 2. The van der Waals surface area contributed by atoms with Gasteiger partial charge < -0.3 is 14.2 Å². The molecule has 5 nitrogen and oxygen atoms in total. The highest BCUT2D eigenvalue weighted by molar-refractivity contribution is 5.55. The second-order valence-electron chi connectivity index (χ2n) is 6.29. The highest BCUT2D eigenvalue weighted by Crippen LogP contribution is 2.47. The van der Waals surface area contributed by atoms with Gasteiger partial charge in [-0.2, -0.15) is 4.98 Å². The zero-order chi connectivity index (χ0) is 13.8. The average molecular weight is 283 g/mol. The van der Waals surface area contributed by atoms with Crippen molar-refractivity contribution >= 4 is 6.01 Å². The van der Waals surface area contributed by atoms with Gasteiger partial charge in [-0.05, 0) is 12.8 Å². The van der Waals surface area contributed by atoms with E-state index >= 15 is 0 Å². The Balaban J connectivity index is 1.39. The summed E-state index contributed by atoms with van der Waals surface area (Å²) in [4.78, 5) is 6.81. The van der Waals surface area contributed by atoms with Gasteiger partial charge in [0.2, 0.25) is 5.82 Å². The maximum atomic E-state index is 6.00. The molecule has 0 N–H and O–H groups in total. The minimum Gasteiger partial charge on any atom is -0.374 e. The third-order valence-electron chi connectivity index (χ3n) is 5.17. The summed E-state index contributed by atoms with van der Waals surface area (Å²) in [5.74, 6) is 1.97. The normalized spacial score (nSPS) is 33.6. The maximum absolute atomic E-state index is 6.00. The van der Waals surface area contributed by atoms with Crippen LogP contribution in [0, 0.1) is 11.8 Å². The summed E-state index contributed by atoms with van der Waals surface area (Å²) in [6.07, 6.45) is 3.36. The smallest absolute Gasteiger partial charge is 0.324 e. The van der Waals surface area contributed by atoms with Crippen LogP contribution in [0.3, 0.4) is 0 Å². The minimum absolute atomic E-state index is 0.460. The van der Waals surface area contributed by atoms with Crippen molar-refractivity contribution in [2.75, 3.05) is 18.0 Å². The Labute approximate surface area is 122 Å². The standard InChI is InChI=1S/C16H17N3O2/c1-2-4-10(5-3-1)15-17-16(21-18-15)19-8-11-12(9-19)14-7-6-13(11)20-14/h1-5,11-14H,6-9H2/t11-,12+,13+,14-. The lowest BCUT2D eigenvalue weighted by molar-refractivity contribution is 0.0846. The Morgan fingerprint density at radius 2 is 1.71 bits per heavy atom. The lowest BCUT2D eigenvalue weighted by Gasteiger charge is -2.17. The molecule has 0 radical (unpaired) electrons. The summed E-state index contributed by atoms with van der Waals surface area (Å²) in [5.41, 5.74) is 0.996. The third-order valence-corrected chi connectivity index (χ3v) is 5.17. The lowest BCUT2D eigenvalue weighted by Crippen LogP contribution is -2.24. The van der Waals surface area contributed by atoms with E-state index in [0.29, 0.717) is 35.9 Å². The quantitative estimate of drug-likeness (QED) is 0.846. The molecule has 4 heterocycles. The molecule has 3 aliphatic rings. The first-order valence-electron chi connectivity index (χ1n) is 7.68. The first-order valence-corrected chi connectivity index (χ1v) is 7.68. The number of hydrogen-bond donors (Lipinski definition) is 0. The summed E-state index contributed by atoms with van der Waals surface area (Å²) >= 11 is 0. The molecule has 0 amide bonds. The Bertz CT molecular complexity index is 639. The molecule has 3 fully saturated rings. The molecular formula is C16H17N3O2. The van der Waals surface area contributed by atoms with Crippen LogP contribution in [0.15, 0.2) is 34.9 Å². The second kappa shape index (κ2) is 4.31. The van der Waals surface area contributed by atoms with Crippen LogP contribution in [0.2, 0.25) is 0 Å². The van der Waals surface area contributed by atoms with Crippen molar-refractivity contribution in [1.29, 1.82) is 0 Å². The number of nitrogens with zero attached hydrogens (tertiary/aromatic N) is 3. The van der Waals surface area contributed by atoms with Crippen molar-refractivity contribution in [3.63, 3.8) is 0 Å². The topological polar surface area (TPSA) is 51.4 Å². The number of rotatable bonds is 2. The van der Waals surface area contributed by atoms with Crippen LogP contribution >= 0.6 is 0 Å². The Kier molecular flexibility index (Phi) is 2.41. The Hall–Kier alpha value is -1.88. The van der Waals surface area contributed by atoms with Crippen molar-refractivity contribution in [2.45, 2.75) is 25.0 Å². The fourth-order valence-electron chi connectivity index (χ4n) is 4.16. The van der Waals surface area contributed by atoms with E-state index in [1.54, 1.807) is 0 Å². The molecule has 1 aromatic carbocycles. The molecule has 0 aliphatic carbocycles. The molecule has 2 aromatic rings. The van der Waals surface area contributed by atoms with Crippen molar-refractivity contribution in [3.8, 4) is 11.4 Å². The summed E-state index contributed by atoms with van der Waals surface area (Å²) in [5, 5.41) is 4.12. The van der Waals surface area contributed by atoms with Crippen LogP contribution in [0.25, 0.3) is 11.4 Å². The van der Waals surface area contributed by atoms with E-state index in [1.165, 1.54) is 12.8 Å². The molecule has 108 valence electrons. The summed E-state index contributed by atoms with van der Waals surface area (Å²) in [6.45, 7) is 1.98. The van der Waals surface area contributed by atoms with Crippen LogP contribution < -0.4 is 4.90 Å². The molecule has 0 spiro atoms. The van der Waals surface area contributed by atoms with Gasteiger partial charge in [0.05, 0.1) is 12.2 Å². The number of ether oxygens (including phenoxy) is 1. The number of hydrogen-bond acceptors (Lipinski definition) is 5. The van der Waals surface area contributed by atoms with Gasteiger partial charge in [0, 0.05) is 30.5 Å². The lowest BCUT2D eigenvalue weighted by atomic mass is 9.82. The van der Waals surface area contributed by atoms with Crippen molar-refractivity contribution in [1.82, 2.24) is 10.1 Å². The summed E-state index contributed by atoms with van der Waals surface area (Å²) in [7, 11) is 0. The van der Waals surface area contributed by atoms with E-state index in [0.717, 1.165) is 18.7 Å². The molecule has 3 aliphatic heterocycles. The molecule has 2 bridgehead atoms. The molecule has 21 heavy (non-hydrogen) atoms. The van der Waals surface area contributed by atoms with Crippen LogP contribution in [-0.4, -0.2) is 35.4 Å². The number of anilines is 1. The third kappa shape index (κ3) is 1.73. The van der Waals surface area contributed by atoms with E-state index in [1.807, 2.05) is 30.3 Å². The van der Waals surface area contributed by atoms with E-state index in [4.69, 9.17) is 9.26 Å². The SMILES string of the molecule is c1ccc(-c2noc(N3C[C@@H]4[C@H](C3)[C@H]3CC[C@@H]4O3)n2)cc1. The number of benzene rings is 1.